The number of fused-ring (bicyclic) bond motifs is 7. The first-order valence-electron chi connectivity index (χ1n) is 34.9. The van der Waals surface area contributed by atoms with Gasteiger partial charge in [0.05, 0.1) is 58.4 Å². The first-order valence-corrected chi connectivity index (χ1v) is 34.9. The molecular weight excluding hydrogens is 1310 g/mol. The van der Waals surface area contributed by atoms with Crippen LogP contribution in [0.15, 0.2) is 159 Å². The Morgan fingerprint density at radius 3 is 1.24 bits per heavy atom. The number of H-pyrrole nitrogens is 7. The number of rotatable bonds is 18. The molecule has 15 aromatic rings. The van der Waals surface area contributed by atoms with Crippen molar-refractivity contribution in [1.29, 1.82) is 0 Å². The molecule has 0 spiro atoms. The van der Waals surface area contributed by atoms with Crippen LogP contribution in [0.1, 0.15) is 69.2 Å². The van der Waals surface area contributed by atoms with Gasteiger partial charge >= 0.3 is 0 Å². The Morgan fingerprint density at radius 1 is 0.375 bits per heavy atom. The van der Waals surface area contributed by atoms with Crippen LogP contribution < -0.4 is 54.3 Å². The molecule has 0 atom stereocenters. The summed E-state index contributed by atoms with van der Waals surface area (Å²) in [7, 11) is 3.31. The summed E-state index contributed by atoms with van der Waals surface area (Å²) in [5, 5.41) is 25.3. The van der Waals surface area contributed by atoms with Gasteiger partial charge in [-0.1, -0.05) is 31.2 Å². The second-order valence-corrected chi connectivity index (χ2v) is 25.5. The average Bonchev–Trinajstić information content (AvgIpc) is 1.65. The van der Waals surface area contributed by atoms with Crippen LogP contribution in [0.2, 0.25) is 0 Å². The predicted octanol–water partition coefficient (Wildman–Crippen LogP) is 15.4. The largest absolute Gasteiger partial charge is 0.490 e. The summed E-state index contributed by atoms with van der Waals surface area (Å²) < 4.78 is 29.1. The number of hydrogen-bond donors (Lipinski definition) is 16. The second kappa shape index (κ2) is 36.4. The van der Waals surface area contributed by atoms with Gasteiger partial charge in [-0.15, -0.1) is 0 Å². The number of aromatic amines is 7. The summed E-state index contributed by atoms with van der Waals surface area (Å²) in [6.45, 7) is 20.6. The average molecular weight is 1410 g/mol. The number of nitrogen functional groups attached to an aromatic ring is 7. The van der Waals surface area contributed by atoms with Gasteiger partial charge in [-0.2, -0.15) is 0 Å². The van der Waals surface area contributed by atoms with Gasteiger partial charge in [0.2, 0.25) is 0 Å². The van der Waals surface area contributed by atoms with Gasteiger partial charge < -0.3 is 113 Å². The number of aliphatic hydroxyl groups excluding tert-OH is 2. The summed E-state index contributed by atoms with van der Waals surface area (Å²) >= 11 is 0. The zero-order chi connectivity index (χ0) is 74.6. The van der Waals surface area contributed by atoms with E-state index < -0.39 is 0 Å². The molecule has 22 heteroatoms. The Kier molecular flexibility index (Phi) is 26.8. The maximum absolute atomic E-state index is 8.90. The Labute approximate surface area is 606 Å². The van der Waals surface area contributed by atoms with E-state index in [1.165, 1.54) is 44.5 Å². The highest BCUT2D eigenvalue weighted by atomic mass is 16.5. The van der Waals surface area contributed by atoms with Crippen LogP contribution in [0.5, 0.6) is 17.2 Å². The van der Waals surface area contributed by atoms with Gasteiger partial charge in [0.15, 0.2) is 0 Å². The number of aryl methyl sites for hydroxylation is 9. The highest BCUT2D eigenvalue weighted by molar-refractivity contribution is 6.01. The number of aliphatic hydroxyl groups is 2. The van der Waals surface area contributed by atoms with Crippen molar-refractivity contribution in [3.63, 3.8) is 0 Å². The molecule has 0 unspecified atom stereocenters. The van der Waals surface area contributed by atoms with E-state index in [1.807, 2.05) is 166 Å². The van der Waals surface area contributed by atoms with Crippen LogP contribution in [0.25, 0.3) is 76.3 Å². The number of nitrogens with two attached hydrogens (primary N) is 7. The predicted molar refractivity (Wildman–Crippen MR) is 432 cm³/mol. The molecule has 0 aliphatic heterocycles. The van der Waals surface area contributed by atoms with Gasteiger partial charge in [-0.05, 0) is 210 Å². The van der Waals surface area contributed by atoms with Crippen LogP contribution in [0.4, 0.5) is 39.8 Å². The number of hydrogen-bond acceptors (Lipinski definition) is 14. The SMILES string of the molecule is CCc1ccc(N)c2cc[nH]c12.COCCOc1ccc(N)c2c(C)c(C)[nH]c12.COCCOc1ccc(N)c2cc[nH]c12.Cc1[nH]c2c(OCCn3cccc3)ccc(N)c2c1C.Cc1ccc(N)c2c(CCCO)c[nH]c12.Cc1ccc(N)c2c(CCO)c[nH]c12.Cc1ccc(N)c2cc[nH]c12. The smallest absolute Gasteiger partial charge is 0.143 e. The molecule has 8 aromatic heterocycles. The highest BCUT2D eigenvalue weighted by Gasteiger charge is 2.16. The fraction of sp³-hybridized carbons (Fsp3) is 0.268. The van der Waals surface area contributed by atoms with E-state index in [9.17, 15) is 0 Å². The van der Waals surface area contributed by atoms with Gasteiger partial charge in [-0.3, -0.25) is 0 Å². The van der Waals surface area contributed by atoms with E-state index in [0.717, 1.165) is 171 Å². The fourth-order valence-electron chi connectivity index (χ4n) is 12.6. The second-order valence-electron chi connectivity index (χ2n) is 25.5. The molecule has 22 nitrogen and oxygen atoms in total. The third-order valence-corrected chi connectivity index (χ3v) is 18.5. The monoisotopic (exact) mass is 1410 g/mol. The number of anilines is 7. The Hall–Kier alpha value is -11.6. The highest BCUT2D eigenvalue weighted by Crippen LogP contribution is 2.36. The molecule has 0 aliphatic rings. The van der Waals surface area contributed by atoms with Crippen LogP contribution in [0, 0.1) is 48.5 Å². The Morgan fingerprint density at radius 2 is 0.769 bits per heavy atom. The summed E-state index contributed by atoms with van der Waals surface area (Å²) in [6.07, 6.45) is 17.0. The molecule has 548 valence electrons. The van der Waals surface area contributed by atoms with Crippen LogP contribution in [-0.2, 0) is 35.3 Å². The lowest BCUT2D eigenvalue weighted by atomic mass is 10.0. The number of methoxy groups -OCH3 is 2. The molecule has 0 amide bonds. The van der Waals surface area contributed by atoms with Crippen molar-refractivity contribution in [3.05, 3.63) is 215 Å². The zero-order valence-corrected chi connectivity index (χ0v) is 61.4. The summed E-state index contributed by atoms with van der Waals surface area (Å²) in [5.74, 6) is 2.49. The number of nitrogens with zero attached hydrogens (tertiary/aromatic N) is 1. The fourth-order valence-corrected chi connectivity index (χ4v) is 12.6. The Balaban J connectivity index is 0.000000142. The van der Waals surface area contributed by atoms with Crippen LogP contribution in [0.3, 0.4) is 0 Å². The lowest BCUT2D eigenvalue weighted by Crippen LogP contribution is -2.06. The van der Waals surface area contributed by atoms with E-state index in [4.69, 9.17) is 74.0 Å². The maximum Gasteiger partial charge on any atom is 0.143 e. The van der Waals surface area contributed by atoms with Crippen molar-refractivity contribution in [2.45, 2.75) is 87.6 Å². The van der Waals surface area contributed by atoms with Crippen LogP contribution in [-0.4, -0.2) is 110 Å². The zero-order valence-electron chi connectivity index (χ0n) is 61.4. The third-order valence-electron chi connectivity index (χ3n) is 18.5. The third kappa shape index (κ3) is 18.2. The van der Waals surface area contributed by atoms with Crippen molar-refractivity contribution in [3.8, 4) is 17.2 Å². The molecule has 0 saturated heterocycles. The lowest BCUT2D eigenvalue weighted by Gasteiger charge is -2.09. The molecule has 15 rings (SSSR count). The molecular formula is C82H103N15O7. The van der Waals surface area contributed by atoms with Crippen molar-refractivity contribution in [2.75, 3.05) is 101 Å². The number of nitrogens with one attached hydrogen (secondary N) is 7. The minimum atomic E-state index is 0.153. The topological polar surface area (TPSA) is 384 Å². The van der Waals surface area contributed by atoms with E-state index in [0.29, 0.717) is 39.5 Å². The molecule has 23 N–H and O–H groups in total. The van der Waals surface area contributed by atoms with E-state index in [-0.39, 0.29) is 13.2 Å². The van der Waals surface area contributed by atoms with Crippen molar-refractivity contribution in [1.82, 2.24) is 39.5 Å². The lowest BCUT2D eigenvalue weighted by molar-refractivity contribution is 0.147. The number of aromatic nitrogens is 8. The minimum Gasteiger partial charge on any atom is -0.490 e. The standard InChI is InChI=1S/C16H19N3O.C13H18N2O2.C12H16N2O.C11H14N2O2.C11H14N2O.C10H12N2.C9H10N2/c1-11-12(2)18-16-14(6-5-13(17)15(11)16)20-10-9-19-7-3-4-8-19;1-8-9(2)15-13-11(17-7-6-16-3)5-4-10(14)12(8)13;1-8-4-5-10(13)11-9(3-2-6-15)7-14-12(8)11;1-14-6-7-15-10-3-2-9(12)8-4-5-13-11(8)10;1-7-2-3-9(12)10-8(4-5-14)6-13-11(7)10;1-2-7-3-4-9(11)8-5-6-12-10(7)8;1-6-2-3-8(10)7-4-5-11-9(6)7/h3-8,18H,9-10,17H2,1-2H3;4-5,15H,6-7,14H2,1-3H3;4-5,7,14-15H,2-3,6,13H2,1H3;2-5,13H,6-7,12H2,1H3;2-3,6,13-14H,4-5,12H2,1H3;3-6,12H,2,11H2,1H3;2-5,11H,10H2,1H3. The first-order chi connectivity index (χ1) is 50.2. The molecule has 0 aliphatic carbocycles. The Bertz CT molecular complexity index is 5200. The van der Waals surface area contributed by atoms with E-state index in [1.54, 1.807) is 14.2 Å². The van der Waals surface area contributed by atoms with Gasteiger partial charge in [0, 0.05) is 160 Å². The molecule has 0 bridgehead atoms. The molecule has 0 saturated carbocycles. The summed E-state index contributed by atoms with van der Waals surface area (Å²) in [5.41, 5.74) is 66.1. The normalized spacial score (nSPS) is 10.9. The first kappa shape index (κ1) is 76.6. The van der Waals surface area contributed by atoms with Gasteiger partial charge in [0.25, 0.3) is 0 Å². The molecule has 104 heavy (non-hydrogen) atoms. The summed E-state index contributed by atoms with van der Waals surface area (Å²) in [4.78, 5) is 22.6. The maximum atomic E-state index is 8.90. The van der Waals surface area contributed by atoms with Gasteiger partial charge in [-0.25, -0.2) is 0 Å². The molecule has 8 heterocycles. The molecule has 7 aromatic carbocycles. The minimum absolute atomic E-state index is 0.153. The van der Waals surface area contributed by atoms with E-state index in [2.05, 4.69) is 87.1 Å². The molecule has 0 fully saturated rings. The quantitative estimate of drug-likeness (QED) is 0.0281. The van der Waals surface area contributed by atoms with Crippen molar-refractivity contribution in [2.24, 2.45) is 0 Å². The number of benzene rings is 7. The van der Waals surface area contributed by atoms with E-state index >= 15 is 0 Å². The summed E-state index contributed by atoms with van der Waals surface area (Å²) in [6, 6.07) is 37.2. The molecule has 0 radical (unpaired) electrons. The van der Waals surface area contributed by atoms with Gasteiger partial charge in [0.1, 0.15) is 37.1 Å². The van der Waals surface area contributed by atoms with Crippen LogP contribution >= 0.6 is 0 Å². The van der Waals surface area contributed by atoms with Crippen molar-refractivity contribution < 1.29 is 33.9 Å². The number of ether oxygens (including phenoxy) is 5. The van der Waals surface area contributed by atoms with Crippen molar-refractivity contribution >= 4 is 116 Å².